The molecule has 0 spiro atoms. The Morgan fingerprint density at radius 2 is 1.10 bits per heavy atom. The fraction of sp³-hybridized carbons (Fsp3) is 0.299. The Hall–Kier alpha value is -8.26. The van der Waals surface area contributed by atoms with Gasteiger partial charge in [-0.1, -0.05) is 146 Å². The molecule has 2 aliphatic heterocycles. The number of para-hydroxylation sites is 1. The van der Waals surface area contributed by atoms with Crippen LogP contribution >= 0.6 is 12.0 Å². The molecule has 5 nitrogen and oxygen atoms in total. The van der Waals surface area contributed by atoms with Crippen molar-refractivity contribution in [1.29, 1.82) is 0 Å². The molecule has 2 heterocycles. The summed E-state index contributed by atoms with van der Waals surface area (Å²) < 4.78 is 7.05. The maximum Gasteiger partial charge on any atom is 0.209 e. The number of nitrogens with zero attached hydrogens (tertiary/aromatic N) is 2. The summed E-state index contributed by atoms with van der Waals surface area (Å²) in [5, 5.41) is 13.9. The summed E-state index contributed by atoms with van der Waals surface area (Å²) in [6.45, 7) is 12.4. The molecule has 3 aromatic carbocycles. The second kappa shape index (κ2) is 31.2. The van der Waals surface area contributed by atoms with E-state index in [0.29, 0.717) is 0 Å². The zero-order valence-corrected chi connectivity index (χ0v) is 43.4. The molecule has 0 atom stereocenters. The van der Waals surface area contributed by atoms with Crippen molar-refractivity contribution in [2.75, 3.05) is 11.4 Å². The van der Waals surface area contributed by atoms with Crippen molar-refractivity contribution in [2.24, 2.45) is 0 Å². The van der Waals surface area contributed by atoms with E-state index in [2.05, 4.69) is 246 Å². The Kier molecular flexibility index (Phi) is 23.8. The van der Waals surface area contributed by atoms with Crippen LogP contribution in [0.4, 0.5) is 11.4 Å². The molecule has 0 bridgehead atoms. The number of anilines is 1. The molecule has 0 aromatic heterocycles. The van der Waals surface area contributed by atoms with Crippen LogP contribution in [0, 0.1) is 131 Å². The van der Waals surface area contributed by atoms with Crippen LogP contribution in [-0.2, 0) is 20.2 Å². The van der Waals surface area contributed by atoms with Gasteiger partial charge in [-0.15, -0.1) is 6.42 Å². The van der Waals surface area contributed by atoms with E-state index in [9.17, 15) is 5.26 Å². The van der Waals surface area contributed by atoms with Gasteiger partial charge in [0.1, 0.15) is 6.54 Å². The number of fused-ring (bicyclic) bond motifs is 2. The van der Waals surface area contributed by atoms with E-state index in [4.69, 9.17) is 6.42 Å². The molecule has 0 aliphatic carbocycles. The Morgan fingerprint density at radius 3 is 1.66 bits per heavy atom. The van der Waals surface area contributed by atoms with Crippen LogP contribution in [0.1, 0.15) is 123 Å². The van der Waals surface area contributed by atoms with Crippen LogP contribution in [0.3, 0.4) is 0 Å². The first-order valence-corrected chi connectivity index (χ1v) is 25.4. The number of benzene rings is 3. The second-order valence-corrected chi connectivity index (χ2v) is 18.7. The van der Waals surface area contributed by atoms with Gasteiger partial charge in [0.25, 0.3) is 0 Å². The molecule has 2 aliphatic rings. The first kappa shape index (κ1) is 55.7. The topological polar surface area (TPSA) is 47.8 Å². The third-order valence-corrected chi connectivity index (χ3v) is 12.9. The molecule has 0 amide bonds. The van der Waals surface area contributed by atoms with E-state index in [0.717, 1.165) is 51.6 Å². The van der Waals surface area contributed by atoms with Crippen LogP contribution in [0.25, 0.3) is 11.1 Å². The molecule has 0 N–H and O–H groups in total. The lowest BCUT2D eigenvalue weighted by atomic mass is 9.81. The molecule has 0 radical (unpaired) electrons. The summed E-state index contributed by atoms with van der Waals surface area (Å²) in [7, 11) is 0. The van der Waals surface area contributed by atoms with Gasteiger partial charge in [0.05, 0.1) is 23.1 Å². The average Bonchev–Trinajstić information content (AvgIpc) is 3.74. The highest BCUT2D eigenvalue weighted by molar-refractivity contribution is 7.94. The van der Waals surface area contributed by atoms with Gasteiger partial charge in [0.15, 0.2) is 5.71 Å². The molecular weight excluding hydrogens is 913 g/mol. The standard InChI is InChI=1S/C67H58N2O3S/c1-7-9-11-13-15-17-19-21-22-23-24-25-26-27-28-30-32-34-36-43-55-69-63-56-58(57-48-51-59(52-49-57)73-72-71-70)50-53-61(63)67(5,6)65(69)47-39-37-38-46-64-66(3,4)60-44-40-41-45-62(60)68(64)54-42-35-33-31-29-20-18-16-14-12-10-8-2/h1,37-41,44-53,56H,8,10,12,14,16,18,20,29,31,33,35,42,54H2,2-6H3. The molecule has 3 aromatic rings. The molecular formula is C67H58N2O3S. The van der Waals surface area contributed by atoms with Gasteiger partial charge in [-0.05, 0) is 109 Å². The summed E-state index contributed by atoms with van der Waals surface area (Å²) in [5.74, 6) is 51.8. The highest BCUT2D eigenvalue weighted by Gasteiger charge is 2.44. The van der Waals surface area contributed by atoms with E-state index < -0.39 is 0 Å². The predicted molar refractivity (Wildman–Crippen MR) is 299 cm³/mol. The maximum atomic E-state index is 10.4. The van der Waals surface area contributed by atoms with Crippen molar-refractivity contribution in [3.63, 3.8) is 0 Å². The third kappa shape index (κ3) is 17.5. The number of terminal acetylenes is 1. The molecule has 0 saturated carbocycles. The Bertz CT molecular complexity index is 3290. The minimum atomic E-state index is -0.385. The number of unbranched alkanes of at least 4 members (excludes halogenated alkanes) is 11. The van der Waals surface area contributed by atoms with Gasteiger partial charge < -0.3 is 5.26 Å². The third-order valence-electron chi connectivity index (χ3n) is 12.3. The first-order chi connectivity index (χ1) is 35.7. The Balaban J connectivity index is 1.33. The van der Waals surface area contributed by atoms with Gasteiger partial charge in [-0.3, -0.25) is 9.94 Å². The van der Waals surface area contributed by atoms with Crippen LogP contribution < -0.4 is 10.2 Å². The lowest BCUT2D eigenvalue weighted by molar-refractivity contribution is -0.777. The minimum Gasteiger partial charge on any atom is -0.691 e. The van der Waals surface area contributed by atoms with Gasteiger partial charge in [0, 0.05) is 117 Å². The van der Waals surface area contributed by atoms with Crippen LogP contribution in [0.15, 0.2) is 108 Å². The molecule has 0 unspecified atom stereocenters. The lowest BCUT2D eigenvalue weighted by Gasteiger charge is -2.22. The summed E-state index contributed by atoms with van der Waals surface area (Å²) in [6.07, 6.45) is 31.8. The van der Waals surface area contributed by atoms with Crippen molar-refractivity contribution in [3.05, 3.63) is 114 Å². The van der Waals surface area contributed by atoms with Crippen molar-refractivity contribution >= 4 is 29.1 Å². The Morgan fingerprint density at radius 1 is 0.575 bits per heavy atom. The van der Waals surface area contributed by atoms with Crippen molar-refractivity contribution < 1.29 is 19.2 Å². The Labute approximate surface area is 440 Å². The van der Waals surface area contributed by atoms with Crippen molar-refractivity contribution in [1.82, 2.24) is 0 Å². The highest BCUT2D eigenvalue weighted by atomic mass is 32.2. The minimum absolute atomic E-state index is 0.126. The number of hydrogen-bond donors (Lipinski definition) is 0. The normalized spacial score (nSPS) is 13.2. The first-order valence-electron chi connectivity index (χ1n) is 24.7. The van der Waals surface area contributed by atoms with E-state index in [1.54, 1.807) is 0 Å². The lowest BCUT2D eigenvalue weighted by Crippen LogP contribution is -2.27. The van der Waals surface area contributed by atoms with Crippen LogP contribution in [-0.4, -0.2) is 16.8 Å². The summed E-state index contributed by atoms with van der Waals surface area (Å²) in [5.41, 5.74) is 8.56. The maximum absolute atomic E-state index is 10.4. The van der Waals surface area contributed by atoms with Crippen molar-refractivity contribution in [3.8, 4) is 142 Å². The summed E-state index contributed by atoms with van der Waals surface area (Å²) in [6, 6.07) is 26.3. The summed E-state index contributed by atoms with van der Waals surface area (Å²) >= 11 is 0.854. The average molecular weight is 971 g/mol. The molecule has 6 heteroatoms. The summed E-state index contributed by atoms with van der Waals surface area (Å²) in [4.78, 5) is 2.75. The van der Waals surface area contributed by atoms with Gasteiger partial charge in [-0.2, -0.15) is 8.91 Å². The van der Waals surface area contributed by atoms with Crippen LogP contribution in [0.2, 0.25) is 0 Å². The van der Waals surface area contributed by atoms with Gasteiger partial charge in [0.2, 0.25) is 5.69 Å². The molecule has 0 saturated heterocycles. The fourth-order valence-electron chi connectivity index (χ4n) is 8.63. The number of allylic oxidation sites excluding steroid dienone is 6. The predicted octanol–water partition coefficient (Wildman–Crippen LogP) is 12.1. The molecule has 5 rings (SSSR count). The SMILES string of the molecule is C#CC#CC#CC#CC#CC#CC#CC#CC#CC#CC#CN1/C(=C/C=C/C=C/C2=[N+](CCCCCCCCCCCCCC)c3ccccc3C2(C)C)C(C)(C)c2ccc(-c3ccc(SOO[O-])cc3)cc21. The highest BCUT2D eigenvalue weighted by Crippen LogP contribution is 2.49. The second-order valence-electron chi connectivity index (χ2n) is 17.9. The number of rotatable bonds is 20. The molecule has 73 heavy (non-hydrogen) atoms. The zero-order valence-electron chi connectivity index (χ0n) is 42.5. The molecule has 0 fully saturated rings. The smallest absolute Gasteiger partial charge is 0.209 e. The van der Waals surface area contributed by atoms with Gasteiger partial charge >= 0.3 is 0 Å². The van der Waals surface area contributed by atoms with Gasteiger partial charge in [-0.25, -0.2) is 0 Å². The fourth-order valence-corrected chi connectivity index (χ4v) is 8.99. The monoisotopic (exact) mass is 970 g/mol. The quantitative estimate of drug-likeness (QED) is 0.0215. The van der Waals surface area contributed by atoms with E-state index in [-0.39, 0.29) is 10.8 Å². The van der Waals surface area contributed by atoms with Crippen molar-refractivity contribution in [2.45, 2.75) is 127 Å². The van der Waals surface area contributed by atoms with E-state index >= 15 is 0 Å². The largest absolute Gasteiger partial charge is 0.691 e. The zero-order chi connectivity index (χ0) is 51.8. The molecule has 360 valence electrons. The van der Waals surface area contributed by atoms with E-state index in [1.807, 2.05) is 29.2 Å². The number of hydrogen-bond acceptors (Lipinski definition) is 5. The van der Waals surface area contributed by atoms with E-state index in [1.165, 1.54) is 94.0 Å². The van der Waals surface area contributed by atoms with Crippen LogP contribution in [0.5, 0.6) is 0 Å².